The van der Waals surface area contributed by atoms with Crippen LogP contribution < -0.4 is 11.1 Å². The Balaban J connectivity index is 1.73. The van der Waals surface area contributed by atoms with Crippen LogP contribution in [0.2, 0.25) is 0 Å². The summed E-state index contributed by atoms with van der Waals surface area (Å²) >= 11 is 0. The summed E-state index contributed by atoms with van der Waals surface area (Å²) in [6.45, 7) is 0.556. The van der Waals surface area contributed by atoms with Crippen molar-refractivity contribution in [3.8, 4) is 0 Å². The van der Waals surface area contributed by atoms with Crippen LogP contribution in [0.25, 0.3) is 0 Å². The predicted octanol–water partition coefficient (Wildman–Crippen LogP) is 1.01. The van der Waals surface area contributed by atoms with E-state index in [9.17, 15) is 4.79 Å². The van der Waals surface area contributed by atoms with E-state index in [0.29, 0.717) is 6.54 Å². The molecule has 2 aromatic rings. The van der Waals surface area contributed by atoms with Crippen molar-refractivity contribution in [1.29, 1.82) is 0 Å². The number of hydrogen-bond donors (Lipinski definition) is 2. The van der Waals surface area contributed by atoms with E-state index in [4.69, 9.17) is 5.73 Å². The molecule has 0 radical (unpaired) electrons. The lowest BCUT2D eigenvalue weighted by Crippen LogP contribution is -2.25. The van der Waals surface area contributed by atoms with Crippen LogP contribution >= 0.6 is 0 Å². The number of nitrogens with zero attached hydrogens (tertiary/aromatic N) is 2. The van der Waals surface area contributed by atoms with Gasteiger partial charge >= 0.3 is 0 Å². The van der Waals surface area contributed by atoms with E-state index in [2.05, 4.69) is 32.4 Å². The van der Waals surface area contributed by atoms with E-state index >= 15 is 0 Å². The zero-order valence-electron chi connectivity index (χ0n) is 9.80. The van der Waals surface area contributed by atoms with Crippen molar-refractivity contribution in [2.75, 3.05) is 12.3 Å². The summed E-state index contributed by atoms with van der Waals surface area (Å²) < 4.78 is 4.36. The van der Waals surface area contributed by atoms with Crippen molar-refractivity contribution in [3.63, 3.8) is 0 Å². The molecular formula is C12H14N4O2. The number of anilines is 1. The molecule has 94 valence electrons. The third kappa shape index (κ3) is 3.07. The van der Waals surface area contributed by atoms with Crippen molar-refractivity contribution in [2.24, 2.45) is 0 Å². The summed E-state index contributed by atoms with van der Waals surface area (Å²) in [5.74, 6) is -0.350. The first-order chi connectivity index (χ1) is 8.77. The van der Waals surface area contributed by atoms with Gasteiger partial charge in [0.2, 0.25) is 11.5 Å². The number of amides is 1. The molecule has 0 unspecified atom stereocenters. The zero-order chi connectivity index (χ0) is 12.8. The Morgan fingerprint density at radius 3 is 2.72 bits per heavy atom. The van der Waals surface area contributed by atoms with Gasteiger partial charge in [0.15, 0.2) is 0 Å². The molecule has 0 spiro atoms. The summed E-state index contributed by atoms with van der Waals surface area (Å²) in [5.41, 5.74) is 6.69. The van der Waals surface area contributed by atoms with Crippen molar-refractivity contribution < 1.29 is 9.42 Å². The quantitative estimate of drug-likeness (QED) is 0.768. The summed E-state index contributed by atoms with van der Waals surface area (Å²) in [7, 11) is 0. The maximum absolute atomic E-state index is 11.6. The standard InChI is InChI=1S/C12H14N4O2/c13-11-10(15-18-16-11)12(17)14-8-4-7-9-5-2-1-3-6-9/h1-3,5-6H,4,7-8H2,(H2,13,16)(H,14,17). The maximum atomic E-state index is 11.6. The van der Waals surface area contributed by atoms with Gasteiger partial charge in [-0.2, -0.15) is 0 Å². The monoisotopic (exact) mass is 246 g/mol. The average Bonchev–Trinajstić information content (AvgIpc) is 2.82. The van der Waals surface area contributed by atoms with E-state index in [0.717, 1.165) is 12.8 Å². The molecule has 0 aliphatic carbocycles. The molecule has 0 atom stereocenters. The highest BCUT2D eigenvalue weighted by Gasteiger charge is 2.14. The molecule has 2 rings (SSSR count). The highest BCUT2D eigenvalue weighted by atomic mass is 16.6. The van der Waals surface area contributed by atoms with Crippen molar-refractivity contribution in [2.45, 2.75) is 12.8 Å². The van der Waals surface area contributed by atoms with Crippen LogP contribution in [-0.2, 0) is 6.42 Å². The third-order valence-electron chi connectivity index (χ3n) is 2.50. The number of aryl methyl sites for hydroxylation is 1. The number of nitrogens with one attached hydrogen (secondary N) is 1. The minimum Gasteiger partial charge on any atom is -0.379 e. The fourth-order valence-corrected chi connectivity index (χ4v) is 1.58. The van der Waals surface area contributed by atoms with Crippen LogP contribution in [0, 0.1) is 0 Å². The highest BCUT2D eigenvalue weighted by molar-refractivity contribution is 5.95. The molecule has 1 heterocycles. The van der Waals surface area contributed by atoms with Gasteiger partial charge in [0.05, 0.1) is 0 Å². The van der Waals surface area contributed by atoms with Crippen LogP contribution in [0.3, 0.4) is 0 Å². The molecule has 0 aliphatic rings. The Bertz CT molecular complexity index is 510. The minimum atomic E-state index is -0.359. The topological polar surface area (TPSA) is 94.0 Å². The molecule has 0 aliphatic heterocycles. The molecule has 18 heavy (non-hydrogen) atoms. The summed E-state index contributed by atoms with van der Waals surface area (Å²) in [6, 6.07) is 10.1. The van der Waals surface area contributed by atoms with Crippen molar-refractivity contribution in [1.82, 2.24) is 15.6 Å². The van der Waals surface area contributed by atoms with Crippen molar-refractivity contribution in [3.05, 3.63) is 41.6 Å². The van der Waals surface area contributed by atoms with E-state index in [1.165, 1.54) is 5.56 Å². The number of hydrogen-bond acceptors (Lipinski definition) is 5. The van der Waals surface area contributed by atoms with Crippen LogP contribution in [0.1, 0.15) is 22.5 Å². The predicted molar refractivity (Wildman–Crippen MR) is 65.8 cm³/mol. The fourth-order valence-electron chi connectivity index (χ4n) is 1.58. The first kappa shape index (κ1) is 12.1. The summed E-state index contributed by atoms with van der Waals surface area (Å²) in [5, 5.41) is 9.49. The smallest absolute Gasteiger partial charge is 0.277 e. The zero-order valence-corrected chi connectivity index (χ0v) is 9.80. The first-order valence-corrected chi connectivity index (χ1v) is 5.67. The van der Waals surface area contributed by atoms with E-state index in [1.807, 2.05) is 18.2 Å². The Labute approximate surface area is 104 Å². The van der Waals surface area contributed by atoms with Crippen LogP contribution in [0.4, 0.5) is 5.82 Å². The summed E-state index contributed by atoms with van der Waals surface area (Å²) in [4.78, 5) is 11.6. The number of aromatic nitrogens is 2. The lowest BCUT2D eigenvalue weighted by molar-refractivity contribution is 0.0944. The molecule has 0 saturated heterocycles. The first-order valence-electron chi connectivity index (χ1n) is 5.67. The number of carbonyl (C=O) groups excluding carboxylic acids is 1. The molecule has 1 aromatic carbocycles. The molecule has 0 saturated carbocycles. The Morgan fingerprint density at radius 2 is 2.06 bits per heavy atom. The molecule has 3 N–H and O–H groups in total. The van der Waals surface area contributed by atoms with Gasteiger partial charge in [0.1, 0.15) is 0 Å². The molecule has 6 nitrogen and oxygen atoms in total. The number of rotatable bonds is 5. The number of benzene rings is 1. The van der Waals surface area contributed by atoms with E-state index < -0.39 is 0 Å². The Kier molecular flexibility index (Phi) is 3.90. The van der Waals surface area contributed by atoms with Gasteiger partial charge in [-0.25, -0.2) is 4.63 Å². The fraction of sp³-hybridized carbons (Fsp3) is 0.250. The molecule has 1 aromatic heterocycles. The third-order valence-corrected chi connectivity index (χ3v) is 2.50. The largest absolute Gasteiger partial charge is 0.379 e. The van der Waals surface area contributed by atoms with Crippen LogP contribution in [0.5, 0.6) is 0 Å². The second kappa shape index (κ2) is 5.81. The number of carbonyl (C=O) groups is 1. The van der Waals surface area contributed by atoms with Gasteiger partial charge in [-0.05, 0) is 28.7 Å². The van der Waals surface area contributed by atoms with Gasteiger partial charge in [0, 0.05) is 6.54 Å². The van der Waals surface area contributed by atoms with Gasteiger partial charge in [-0.1, -0.05) is 30.3 Å². The molecular weight excluding hydrogens is 232 g/mol. The van der Waals surface area contributed by atoms with E-state index in [1.54, 1.807) is 0 Å². The highest BCUT2D eigenvalue weighted by Crippen LogP contribution is 2.04. The lowest BCUT2D eigenvalue weighted by atomic mass is 10.1. The maximum Gasteiger partial charge on any atom is 0.277 e. The van der Waals surface area contributed by atoms with Crippen LogP contribution in [0.15, 0.2) is 35.0 Å². The number of nitrogens with two attached hydrogens (primary N) is 1. The van der Waals surface area contributed by atoms with E-state index in [-0.39, 0.29) is 17.4 Å². The lowest BCUT2D eigenvalue weighted by Gasteiger charge is -2.03. The van der Waals surface area contributed by atoms with Gasteiger partial charge in [-0.15, -0.1) is 0 Å². The molecule has 0 bridgehead atoms. The Morgan fingerprint density at radius 1 is 1.28 bits per heavy atom. The SMILES string of the molecule is Nc1nonc1C(=O)NCCCc1ccccc1. The van der Waals surface area contributed by atoms with Crippen LogP contribution in [-0.4, -0.2) is 22.8 Å². The van der Waals surface area contributed by atoms with Gasteiger partial charge < -0.3 is 11.1 Å². The minimum absolute atomic E-state index is 0.00978. The second-order valence-electron chi connectivity index (χ2n) is 3.84. The van der Waals surface area contributed by atoms with Crippen molar-refractivity contribution >= 4 is 11.7 Å². The second-order valence-corrected chi connectivity index (χ2v) is 3.84. The van der Waals surface area contributed by atoms with Gasteiger partial charge in [-0.3, -0.25) is 4.79 Å². The Hall–Kier alpha value is -2.37. The molecule has 1 amide bonds. The average molecular weight is 246 g/mol. The number of nitrogen functional groups attached to an aromatic ring is 1. The van der Waals surface area contributed by atoms with Gasteiger partial charge in [0.25, 0.3) is 5.91 Å². The normalized spacial score (nSPS) is 10.2. The molecule has 0 fully saturated rings. The summed E-state index contributed by atoms with van der Waals surface area (Å²) in [6.07, 6.45) is 1.76. The molecule has 6 heteroatoms.